The zero-order valence-electron chi connectivity index (χ0n) is 5.27. The molecule has 1 atom stereocenters. The molecule has 0 saturated heterocycles. The minimum absolute atomic E-state index is 0.0255. The Bertz CT molecular complexity index is 66.2. The van der Waals surface area contributed by atoms with E-state index in [1.165, 1.54) is 7.05 Å². The lowest BCUT2D eigenvalue weighted by Gasteiger charge is -2.25. The van der Waals surface area contributed by atoms with Gasteiger partial charge in [0, 0.05) is 0 Å². The molecule has 4 nitrogen and oxygen atoms in total. The largest absolute Gasteiger partial charge is 0.634 e. The van der Waals surface area contributed by atoms with Crippen molar-refractivity contribution in [3.8, 4) is 0 Å². The molecule has 0 aromatic heterocycles. The minimum Gasteiger partial charge on any atom is -0.634 e. The van der Waals surface area contributed by atoms with Crippen LogP contribution in [-0.4, -0.2) is 19.3 Å². The van der Waals surface area contributed by atoms with Gasteiger partial charge in [0.25, 0.3) is 0 Å². The second kappa shape index (κ2) is 2.41. The van der Waals surface area contributed by atoms with Gasteiger partial charge < -0.3 is 21.7 Å². The van der Waals surface area contributed by atoms with E-state index in [2.05, 4.69) is 0 Å². The standard InChI is InChI=1S/C4H13N3O/c1-4(5,6)3-7(2)8/h7H,3,5-6H2,1-2H3. The molecular formula is C4H13N3O. The number of rotatable bonds is 2. The summed E-state index contributed by atoms with van der Waals surface area (Å²) in [5, 5.41) is 10.3. The number of nitrogens with two attached hydrogens (primary N) is 2. The molecule has 0 spiro atoms. The van der Waals surface area contributed by atoms with Crippen molar-refractivity contribution >= 4 is 0 Å². The van der Waals surface area contributed by atoms with Gasteiger partial charge in [-0.15, -0.1) is 0 Å². The molecule has 0 rings (SSSR count). The number of hydrogen-bond acceptors (Lipinski definition) is 3. The molecule has 8 heavy (non-hydrogen) atoms. The van der Waals surface area contributed by atoms with E-state index in [-0.39, 0.29) is 11.6 Å². The van der Waals surface area contributed by atoms with Crippen molar-refractivity contribution in [3.63, 3.8) is 0 Å². The van der Waals surface area contributed by atoms with E-state index >= 15 is 0 Å². The van der Waals surface area contributed by atoms with Crippen LogP contribution >= 0.6 is 0 Å². The number of nitrogens with one attached hydrogen (secondary N) is 1. The van der Waals surface area contributed by atoms with Crippen molar-refractivity contribution < 1.29 is 5.06 Å². The van der Waals surface area contributed by atoms with Gasteiger partial charge in [-0.1, -0.05) is 0 Å². The third kappa shape index (κ3) is 5.84. The predicted octanol–water partition coefficient (Wildman–Crippen LogP) is -2.37. The minimum atomic E-state index is -0.828. The number of hydrogen-bond donors (Lipinski definition) is 3. The molecule has 0 aliphatic rings. The fourth-order valence-corrected chi connectivity index (χ4v) is 0.536. The Labute approximate surface area is 49.0 Å². The molecule has 0 aromatic carbocycles. The van der Waals surface area contributed by atoms with E-state index in [0.717, 1.165) is 0 Å². The third-order valence-electron chi connectivity index (χ3n) is 0.630. The van der Waals surface area contributed by atoms with Gasteiger partial charge in [-0.25, -0.2) is 0 Å². The lowest BCUT2D eigenvalue weighted by molar-refractivity contribution is -0.829. The molecule has 4 heteroatoms. The zero-order chi connectivity index (χ0) is 6.78. The summed E-state index contributed by atoms with van der Waals surface area (Å²) in [6.45, 7) is 1.86. The van der Waals surface area contributed by atoms with Gasteiger partial charge in [0.2, 0.25) is 0 Å². The first-order valence-electron chi connectivity index (χ1n) is 2.49. The number of hydroxylamine groups is 2. The highest BCUT2D eigenvalue weighted by molar-refractivity contribution is 4.66. The molecule has 0 heterocycles. The summed E-state index contributed by atoms with van der Waals surface area (Å²) >= 11 is 0. The van der Waals surface area contributed by atoms with Crippen LogP contribution in [0.25, 0.3) is 0 Å². The maximum absolute atomic E-state index is 10.3. The van der Waals surface area contributed by atoms with Crippen LogP contribution in [0.1, 0.15) is 6.92 Å². The second-order valence-electron chi connectivity index (χ2n) is 2.38. The van der Waals surface area contributed by atoms with Crippen molar-refractivity contribution in [2.24, 2.45) is 11.5 Å². The fourth-order valence-electron chi connectivity index (χ4n) is 0.536. The van der Waals surface area contributed by atoms with Gasteiger partial charge in [0.05, 0.1) is 7.05 Å². The molecule has 0 aliphatic heterocycles. The first-order chi connectivity index (χ1) is 3.42. The first kappa shape index (κ1) is 7.84. The first-order valence-corrected chi connectivity index (χ1v) is 2.49. The zero-order valence-corrected chi connectivity index (χ0v) is 5.27. The Morgan fingerprint density at radius 1 is 1.62 bits per heavy atom. The van der Waals surface area contributed by atoms with Crippen LogP contribution in [0.5, 0.6) is 0 Å². The normalized spacial score (nSPS) is 16.1. The van der Waals surface area contributed by atoms with Crippen molar-refractivity contribution in [1.82, 2.24) is 0 Å². The highest BCUT2D eigenvalue weighted by Crippen LogP contribution is 1.77. The van der Waals surface area contributed by atoms with Gasteiger partial charge in [-0.05, 0) is 6.92 Å². The van der Waals surface area contributed by atoms with E-state index in [1.807, 2.05) is 0 Å². The molecule has 5 N–H and O–H groups in total. The number of likely N-dealkylation sites (N-methyl/N-ethyl adjacent to an activating group) is 1. The van der Waals surface area contributed by atoms with Crippen LogP contribution in [0, 0.1) is 5.21 Å². The molecular weight excluding hydrogens is 106 g/mol. The molecule has 0 saturated carbocycles. The lowest BCUT2D eigenvalue weighted by Crippen LogP contribution is -3.07. The van der Waals surface area contributed by atoms with Crippen LogP contribution in [0.4, 0.5) is 0 Å². The summed E-state index contributed by atoms with van der Waals surface area (Å²) < 4.78 is 0. The fraction of sp³-hybridized carbons (Fsp3) is 1.00. The Morgan fingerprint density at radius 3 is 2.00 bits per heavy atom. The van der Waals surface area contributed by atoms with Crippen molar-refractivity contribution in [2.75, 3.05) is 13.6 Å². The van der Waals surface area contributed by atoms with Crippen LogP contribution < -0.4 is 16.5 Å². The van der Waals surface area contributed by atoms with E-state index in [0.29, 0.717) is 0 Å². The molecule has 0 amide bonds. The Balaban J connectivity index is 3.39. The average Bonchev–Trinajstić information content (AvgIpc) is 1.21. The monoisotopic (exact) mass is 119 g/mol. The molecule has 1 unspecified atom stereocenters. The quantitative estimate of drug-likeness (QED) is 0.281. The average molecular weight is 119 g/mol. The summed E-state index contributed by atoms with van der Waals surface area (Å²) in [6, 6.07) is 0. The second-order valence-corrected chi connectivity index (χ2v) is 2.38. The van der Waals surface area contributed by atoms with E-state index in [9.17, 15) is 5.21 Å². The summed E-state index contributed by atoms with van der Waals surface area (Å²) in [5.41, 5.74) is 9.76. The van der Waals surface area contributed by atoms with E-state index < -0.39 is 5.66 Å². The Hall–Kier alpha value is -0.160. The van der Waals surface area contributed by atoms with Gasteiger partial charge >= 0.3 is 0 Å². The third-order valence-corrected chi connectivity index (χ3v) is 0.630. The highest BCUT2D eigenvalue weighted by atomic mass is 16.5. The molecule has 0 fully saturated rings. The van der Waals surface area contributed by atoms with Crippen LogP contribution in [-0.2, 0) is 0 Å². The maximum atomic E-state index is 10.3. The van der Waals surface area contributed by atoms with Crippen molar-refractivity contribution in [1.29, 1.82) is 0 Å². The molecule has 0 bridgehead atoms. The molecule has 0 aliphatic carbocycles. The van der Waals surface area contributed by atoms with Crippen molar-refractivity contribution in [3.05, 3.63) is 5.21 Å². The summed E-state index contributed by atoms with van der Waals surface area (Å²) in [5.74, 6) is 0. The number of quaternary nitrogens is 1. The summed E-state index contributed by atoms with van der Waals surface area (Å²) in [6.07, 6.45) is 0. The molecule has 50 valence electrons. The summed E-state index contributed by atoms with van der Waals surface area (Å²) in [4.78, 5) is 0. The highest BCUT2D eigenvalue weighted by Gasteiger charge is 2.12. The predicted molar refractivity (Wildman–Crippen MR) is 31.9 cm³/mol. The van der Waals surface area contributed by atoms with Crippen molar-refractivity contribution in [2.45, 2.75) is 12.6 Å². The molecule has 0 aromatic rings. The smallest absolute Gasteiger partial charge is 0.112 e. The SMILES string of the molecule is C[NH+]([O-])CC(C)(N)N. The maximum Gasteiger partial charge on any atom is 0.112 e. The van der Waals surface area contributed by atoms with Crippen LogP contribution in [0.15, 0.2) is 0 Å². The van der Waals surface area contributed by atoms with E-state index in [1.54, 1.807) is 6.92 Å². The van der Waals surface area contributed by atoms with Gasteiger partial charge in [0.15, 0.2) is 0 Å². The molecule has 0 radical (unpaired) electrons. The Morgan fingerprint density at radius 2 is 2.00 bits per heavy atom. The lowest BCUT2D eigenvalue weighted by atomic mass is 10.2. The topological polar surface area (TPSA) is 79.5 Å². The Kier molecular flexibility index (Phi) is 2.36. The van der Waals surface area contributed by atoms with Crippen LogP contribution in [0.3, 0.4) is 0 Å². The van der Waals surface area contributed by atoms with Crippen LogP contribution in [0.2, 0.25) is 0 Å². The van der Waals surface area contributed by atoms with Gasteiger partial charge in [-0.3, -0.25) is 0 Å². The van der Waals surface area contributed by atoms with Gasteiger partial charge in [-0.2, -0.15) is 0 Å². The summed E-state index contributed by atoms with van der Waals surface area (Å²) in [7, 11) is 1.47. The van der Waals surface area contributed by atoms with Gasteiger partial charge in [0.1, 0.15) is 12.2 Å². The van der Waals surface area contributed by atoms with E-state index in [4.69, 9.17) is 11.5 Å².